The zero-order valence-corrected chi connectivity index (χ0v) is 11.4. The normalized spacial score (nSPS) is 18.6. The summed E-state index contributed by atoms with van der Waals surface area (Å²) in [4.78, 5) is 12.1. The third-order valence-corrected chi connectivity index (χ3v) is 3.60. The predicted octanol–water partition coefficient (Wildman–Crippen LogP) is 3.81. The molecule has 1 aromatic rings. The number of allylic oxidation sites excluding steroid dienone is 3. The van der Waals surface area contributed by atoms with Crippen LogP contribution in [0.3, 0.4) is 0 Å². The molecule has 2 heteroatoms. The monoisotopic (exact) mass is 241 g/mol. The van der Waals surface area contributed by atoms with Crippen LogP contribution < -0.4 is 5.32 Å². The Balaban J connectivity index is 2.73. The first-order valence-corrected chi connectivity index (χ1v) is 6.23. The van der Waals surface area contributed by atoms with Crippen molar-refractivity contribution in [2.45, 2.75) is 33.1 Å². The molecule has 0 saturated heterocycles. The van der Waals surface area contributed by atoms with E-state index in [0.717, 1.165) is 22.4 Å². The second kappa shape index (κ2) is 4.45. The van der Waals surface area contributed by atoms with E-state index in [-0.39, 0.29) is 11.3 Å². The molecule has 18 heavy (non-hydrogen) atoms. The minimum Gasteiger partial charge on any atom is -0.322 e. The molecule has 1 aromatic carbocycles. The van der Waals surface area contributed by atoms with Gasteiger partial charge in [0, 0.05) is 16.7 Å². The highest BCUT2D eigenvalue weighted by Crippen LogP contribution is 2.40. The average molecular weight is 241 g/mol. The van der Waals surface area contributed by atoms with E-state index in [1.165, 1.54) is 0 Å². The number of carbonyl (C=O) groups excluding carboxylic acids is 1. The highest BCUT2D eigenvalue weighted by Gasteiger charge is 2.32. The standard InChI is InChI=1S/C16H19NO/c1-5-8-12-11(2)15(18)17-14-10-7-6-9-13(14)16(12,3)4/h5-10H,1-4H3,(H,17,18)/b8-5-. The molecule has 0 atom stereocenters. The minimum absolute atomic E-state index is 0.0128. The number of fused-ring (bicyclic) bond motifs is 1. The lowest BCUT2D eigenvalue weighted by atomic mass is 9.75. The van der Waals surface area contributed by atoms with Crippen molar-refractivity contribution in [3.8, 4) is 0 Å². The highest BCUT2D eigenvalue weighted by molar-refractivity contribution is 6.06. The highest BCUT2D eigenvalue weighted by atomic mass is 16.1. The lowest BCUT2D eigenvalue weighted by Gasteiger charge is -2.27. The zero-order valence-electron chi connectivity index (χ0n) is 11.4. The van der Waals surface area contributed by atoms with Crippen molar-refractivity contribution in [1.29, 1.82) is 0 Å². The van der Waals surface area contributed by atoms with Crippen LogP contribution in [0.1, 0.15) is 33.3 Å². The van der Waals surface area contributed by atoms with E-state index in [1.807, 2.05) is 44.2 Å². The molecule has 0 unspecified atom stereocenters. The molecule has 1 aliphatic rings. The van der Waals surface area contributed by atoms with Crippen molar-refractivity contribution in [1.82, 2.24) is 0 Å². The summed E-state index contributed by atoms with van der Waals surface area (Å²) in [6, 6.07) is 8.00. The van der Waals surface area contributed by atoms with Gasteiger partial charge in [0.15, 0.2) is 0 Å². The smallest absolute Gasteiger partial charge is 0.251 e. The Kier molecular flexibility index (Phi) is 3.12. The quantitative estimate of drug-likeness (QED) is 0.796. The van der Waals surface area contributed by atoms with Crippen molar-refractivity contribution in [2.75, 3.05) is 5.32 Å². The molecule has 0 spiro atoms. The Labute approximate surface area is 108 Å². The van der Waals surface area contributed by atoms with Crippen LogP contribution in [0.4, 0.5) is 5.69 Å². The van der Waals surface area contributed by atoms with Gasteiger partial charge in [0.05, 0.1) is 0 Å². The molecule has 2 nitrogen and oxygen atoms in total. The average Bonchev–Trinajstić information content (AvgIpc) is 2.40. The van der Waals surface area contributed by atoms with Gasteiger partial charge in [-0.1, -0.05) is 44.2 Å². The second-order valence-electron chi connectivity index (χ2n) is 5.16. The maximum absolute atomic E-state index is 12.1. The molecule has 0 aromatic heterocycles. The molecule has 1 aliphatic heterocycles. The first kappa shape index (κ1) is 12.6. The zero-order chi connectivity index (χ0) is 13.3. The Bertz CT molecular complexity index is 550. The van der Waals surface area contributed by atoms with Crippen LogP contribution >= 0.6 is 0 Å². The molecule has 94 valence electrons. The molecule has 0 aliphatic carbocycles. The maximum atomic E-state index is 12.1. The summed E-state index contributed by atoms with van der Waals surface area (Å²) in [5.74, 6) is -0.0128. The summed E-state index contributed by atoms with van der Waals surface area (Å²) in [6.07, 6.45) is 4.03. The van der Waals surface area contributed by atoms with Crippen LogP contribution in [0.2, 0.25) is 0 Å². The molecule has 0 saturated carbocycles. The SMILES string of the molecule is C/C=C\C1=C(C)C(=O)Nc2ccccc2C1(C)C. The summed E-state index contributed by atoms with van der Waals surface area (Å²) in [5.41, 5.74) is 3.75. The van der Waals surface area contributed by atoms with Gasteiger partial charge >= 0.3 is 0 Å². The third-order valence-electron chi connectivity index (χ3n) is 3.60. The number of rotatable bonds is 1. The van der Waals surface area contributed by atoms with Gasteiger partial charge < -0.3 is 5.32 Å². The van der Waals surface area contributed by atoms with Crippen LogP contribution in [0.5, 0.6) is 0 Å². The lowest BCUT2D eigenvalue weighted by Crippen LogP contribution is -2.20. The van der Waals surface area contributed by atoms with E-state index in [9.17, 15) is 4.79 Å². The molecule has 0 radical (unpaired) electrons. The fourth-order valence-corrected chi connectivity index (χ4v) is 2.59. The van der Waals surface area contributed by atoms with Gasteiger partial charge in [-0.3, -0.25) is 4.79 Å². The van der Waals surface area contributed by atoms with Gasteiger partial charge in [0.1, 0.15) is 0 Å². The van der Waals surface area contributed by atoms with Crippen LogP contribution in [0, 0.1) is 0 Å². The van der Waals surface area contributed by atoms with Gasteiger partial charge in [0.25, 0.3) is 5.91 Å². The van der Waals surface area contributed by atoms with Gasteiger partial charge in [-0.05, 0) is 31.1 Å². The Hall–Kier alpha value is -1.83. The van der Waals surface area contributed by atoms with Crippen molar-refractivity contribution < 1.29 is 4.79 Å². The number of hydrogen-bond acceptors (Lipinski definition) is 1. The topological polar surface area (TPSA) is 29.1 Å². The van der Waals surface area contributed by atoms with Crippen molar-refractivity contribution in [2.24, 2.45) is 0 Å². The number of anilines is 1. The summed E-state index contributed by atoms with van der Waals surface area (Å²) < 4.78 is 0. The molecule has 2 rings (SSSR count). The summed E-state index contributed by atoms with van der Waals surface area (Å²) in [6.45, 7) is 8.18. The van der Waals surface area contributed by atoms with Gasteiger partial charge in [0.2, 0.25) is 0 Å². The van der Waals surface area contributed by atoms with Crippen molar-refractivity contribution in [3.63, 3.8) is 0 Å². The Morgan fingerprint density at radius 1 is 1.22 bits per heavy atom. The molecular weight excluding hydrogens is 222 g/mol. The van der Waals surface area contributed by atoms with E-state index < -0.39 is 0 Å². The number of amides is 1. The molecule has 1 heterocycles. The first-order chi connectivity index (χ1) is 8.48. The molecule has 0 bridgehead atoms. The van der Waals surface area contributed by atoms with Crippen LogP contribution in [-0.2, 0) is 10.2 Å². The predicted molar refractivity (Wildman–Crippen MR) is 75.6 cm³/mol. The van der Waals surface area contributed by atoms with Crippen LogP contribution in [0.25, 0.3) is 0 Å². The first-order valence-electron chi connectivity index (χ1n) is 6.23. The van der Waals surface area contributed by atoms with Gasteiger partial charge in [-0.25, -0.2) is 0 Å². The van der Waals surface area contributed by atoms with Crippen LogP contribution in [-0.4, -0.2) is 5.91 Å². The fraction of sp³-hybridized carbons (Fsp3) is 0.312. The molecule has 0 fully saturated rings. The summed E-state index contributed by atoms with van der Waals surface area (Å²) >= 11 is 0. The van der Waals surface area contributed by atoms with Crippen molar-refractivity contribution in [3.05, 3.63) is 53.1 Å². The second-order valence-corrected chi connectivity index (χ2v) is 5.16. The molecular formula is C16H19NO. The number of para-hydroxylation sites is 1. The summed E-state index contributed by atoms with van der Waals surface area (Å²) in [5, 5.41) is 2.99. The fourth-order valence-electron chi connectivity index (χ4n) is 2.59. The number of nitrogens with one attached hydrogen (secondary N) is 1. The Morgan fingerprint density at radius 3 is 2.56 bits per heavy atom. The number of hydrogen-bond donors (Lipinski definition) is 1. The third kappa shape index (κ3) is 1.88. The molecule has 1 N–H and O–H groups in total. The van der Waals surface area contributed by atoms with E-state index in [1.54, 1.807) is 0 Å². The maximum Gasteiger partial charge on any atom is 0.251 e. The number of benzene rings is 1. The molecule has 1 amide bonds. The van der Waals surface area contributed by atoms with E-state index >= 15 is 0 Å². The Morgan fingerprint density at radius 2 is 1.89 bits per heavy atom. The van der Waals surface area contributed by atoms with E-state index in [0.29, 0.717) is 0 Å². The minimum atomic E-state index is -0.174. The summed E-state index contributed by atoms with van der Waals surface area (Å²) in [7, 11) is 0. The van der Waals surface area contributed by atoms with E-state index in [4.69, 9.17) is 0 Å². The number of carbonyl (C=O) groups is 1. The van der Waals surface area contributed by atoms with E-state index in [2.05, 4.69) is 25.2 Å². The van der Waals surface area contributed by atoms with Crippen LogP contribution in [0.15, 0.2) is 47.6 Å². The van der Waals surface area contributed by atoms with Crippen molar-refractivity contribution >= 4 is 11.6 Å². The van der Waals surface area contributed by atoms with Gasteiger partial charge in [-0.2, -0.15) is 0 Å². The lowest BCUT2D eigenvalue weighted by molar-refractivity contribution is -0.112. The van der Waals surface area contributed by atoms with Gasteiger partial charge in [-0.15, -0.1) is 0 Å². The largest absolute Gasteiger partial charge is 0.322 e.